The van der Waals surface area contributed by atoms with E-state index in [-0.39, 0.29) is 17.3 Å². The second kappa shape index (κ2) is 7.93. The van der Waals surface area contributed by atoms with E-state index >= 15 is 0 Å². The van der Waals surface area contributed by atoms with Gasteiger partial charge in [-0.3, -0.25) is 4.79 Å². The first kappa shape index (κ1) is 18.5. The van der Waals surface area contributed by atoms with Crippen molar-refractivity contribution in [2.24, 2.45) is 5.10 Å². The van der Waals surface area contributed by atoms with Crippen molar-refractivity contribution in [2.75, 3.05) is 19.8 Å². The maximum Gasteiger partial charge on any atom is 0.293 e. The highest BCUT2D eigenvalue weighted by Crippen LogP contribution is 2.16. The van der Waals surface area contributed by atoms with E-state index in [1.165, 1.54) is 10.9 Å². The molecule has 3 aromatic rings. The maximum atomic E-state index is 12.5. The zero-order valence-corrected chi connectivity index (χ0v) is 15.3. The zero-order chi connectivity index (χ0) is 19.4. The highest BCUT2D eigenvalue weighted by molar-refractivity contribution is 6.30. The van der Waals surface area contributed by atoms with Gasteiger partial charge in [0.25, 0.3) is 5.91 Å². The molecule has 3 rings (SSSR count). The zero-order valence-electron chi connectivity index (χ0n) is 14.5. The summed E-state index contributed by atoms with van der Waals surface area (Å²) in [6.07, 6.45) is 1.47. The molecular formula is C15H16ClN9O2. The second-order valence-electron chi connectivity index (χ2n) is 5.76. The van der Waals surface area contributed by atoms with E-state index in [4.69, 9.17) is 17.3 Å². The van der Waals surface area contributed by atoms with Crippen molar-refractivity contribution >= 4 is 29.5 Å². The summed E-state index contributed by atoms with van der Waals surface area (Å²) in [5.41, 5.74) is 9.40. The van der Waals surface area contributed by atoms with Crippen LogP contribution < -0.4 is 11.2 Å². The summed E-state index contributed by atoms with van der Waals surface area (Å²) in [7, 11) is 3.67. The number of hydrazone groups is 1. The van der Waals surface area contributed by atoms with Crippen LogP contribution in [0, 0.1) is 0 Å². The fraction of sp³-hybridized carbons (Fsp3) is 0.200. The van der Waals surface area contributed by atoms with Crippen LogP contribution in [0.3, 0.4) is 0 Å². The van der Waals surface area contributed by atoms with E-state index in [0.717, 1.165) is 5.56 Å². The van der Waals surface area contributed by atoms with Gasteiger partial charge in [-0.05, 0) is 42.1 Å². The van der Waals surface area contributed by atoms with Crippen LogP contribution in [0.5, 0.6) is 0 Å². The molecule has 2 aromatic heterocycles. The normalized spacial score (nSPS) is 11.4. The van der Waals surface area contributed by atoms with Gasteiger partial charge in [0.1, 0.15) is 0 Å². The van der Waals surface area contributed by atoms with E-state index in [1.807, 2.05) is 19.0 Å². The predicted octanol–water partition coefficient (Wildman–Crippen LogP) is 0.711. The van der Waals surface area contributed by atoms with Gasteiger partial charge in [0.05, 0.1) is 11.9 Å². The Morgan fingerprint density at radius 2 is 2.26 bits per heavy atom. The van der Waals surface area contributed by atoms with Crippen LogP contribution >= 0.6 is 11.6 Å². The predicted molar refractivity (Wildman–Crippen MR) is 97.5 cm³/mol. The van der Waals surface area contributed by atoms with E-state index < -0.39 is 5.91 Å². The molecule has 0 aliphatic heterocycles. The van der Waals surface area contributed by atoms with Crippen molar-refractivity contribution in [1.82, 2.24) is 35.6 Å². The molecule has 0 aliphatic rings. The molecule has 1 amide bonds. The lowest BCUT2D eigenvalue weighted by molar-refractivity contribution is 0.0948. The number of hydrogen-bond donors (Lipinski definition) is 2. The molecule has 2 heterocycles. The van der Waals surface area contributed by atoms with Crippen molar-refractivity contribution in [3.8, 4) is 5.82 Å². The minimum Gasteiger partial charge on any atom is -0.378 e. The first-order chi connectivity index (χ1) is 13.0. The van der Waals surface area contributed by atoms with E-state index in [9.17, 15) is 4.79 Å². The Hall–Kier alpha value is -3.31. The fourth-order valence-corrected chi connectivity index (χ4v) is 2.43. The standard InChI is InChI=1S/C15H16ClN9O2/c1-24(2)8-11-12(19-23-25(11)14-13(17)21-27-22-14)15(26)20-18-7-9-4-3-5-10(16)6-9/h3-7H,8H2,1-2H3,(H2,17,21)(H,20,26)/b18-7+. The fourth-order valence-electron chi connectivity index (χ4n) is 2.23. The van der Waals surface area contributed by atoms with E-state index in [0.29, 0.717) is 17.3 Å². The largest absolute Gasteiger partial charge is 0.378 e. The molecule has 0 bridgehead atoms. The summed E-state index contributed by atoms with van der Waals surface area (Å²) in [5.74, 6) is -0.349. The van der Waals surface area contributed by atoms with Gasteiger partial charge in [-0.15, -0.1) is 5.10 Å². The molecule has 27 heavy (non-hydrogen) atoms. The quantitative estimate of drug-likeness (QED) is 0.464. The molecule has 0 saturated carbocycles. The third-order valence-corrected chi connectivity index (χ3v) is 3.60. The van der Waals surface area contributed by atoms with Crippen molar-refractivity contribution in [3.63, 3.8) is 0 Å². The number of aromatic nitrogens is 5. The van der Waals surface area contributed by atoms with Crippen LogP contribution in [0.1, 0.15) is 21.7 Å². The van der Waals surface area contributed by atoms with Crippen molar-refractivity contribution in [3.05, 3.63) is 46.2 Å². The Morgan fingerprint density at radius 1 is 1.44 bits per heavy atom. The summed E-state index contributed by atoms with van der Waals surface area (Å²) in [4.78, 5) is 14.3. The summed E-state index contributed by atoms with van der Waals surface area (Å²) >= 11 is 5.91. The number of benzene rings is 1. The van der Waals surface area contributed by atoms with Gasteiger partial charge in [0.2, 0.25) is 11.6 Å². The average Bonchev–Trinajstić information content (AvgIpc) is 3.20. The molecule has 0 radical (unpaired) electrons. The first-order valence-electron chi connectivity index (χ1n) is 7.72. The molecule has 11 nitrogen and oxygen atoms in total. The first-order valence-corrected chi connectivity index (χ1v) is 8.10. The Labute approximate surface area is 158 Å². The van der Waals surface area contributed by atoms with Gasteiger partial charge in [-0.1, -0.05) is 28.9 Å². The lowest BCUT2D eigenvalue weighted by atomic mass is 10.2. The van der Waals surface area contributed by atoms with Crippen LogP contribution in [-0.2, 0) is 6.54 Å². The number of amides is 1. The molecule has 140 valence electrons. The second-order valence-corrected chi connectivity index (χ2v) is 6.20. The summed E-state index contributed by atoms with van der Waals surface area (Å²) in [6, 6.07) is 7.04. The number of nitrogens with two attached hydrogens (primary N) is 1. The Kier molecular flexibility index (Phi) is 5.43. The smallest absolute Gasteiger partial charge is 0.293 e. The third kappa shape index (κ3) is 4.27. The minimum absolute atomic E-state index is 0.0332. The molecule has 0 fully saturated rings. The van der Waals surface area contributed by atoms with Crippen LogP contribution in [0.4, 0.5) is 5.82 Å². The van der Waals surface area contributed by atoms with Gasteiger partial charge in [-0.25, -0.2) is 10.1 Å². The maximum absolute atomic E-state index is 12.5. The lowest BCUT2D eigenvalue weighted by Crippen LogP contribution is -2.23. The molecular weight excluding hydrogens is 374 g/mol. The lowest BCUT2D eigenvalue weighted by Gasteiger charge is -2.11. The summed E-state index contributed by atoms with van der Waals surface area (Å²) in [6.45, 7) is 0.347. The van der Waals surface area contributed by atoms with E-state index in [1.54, 1.807) is 24.3 Å². The molecule has 1 aromatic carbocycles. The van der Waals surface area contributed by atoms with Crippen molar-refractivity contribution < 1.29 is 9.42 Å². The highest BCUT2D eigenvalue weighted by atomic mass is 35.5. The number of hydrogen-bond acceptors (Lipinski definition) is 9. The van der Waals surface area contributed by atoms with Crippen LogP contribution in [0.25, 0.3) is 5.82 Å². The van der Waals surface area contributed by atoms with Crippen LogP contribution in [0.15, 0.2) is 34.0 Å². The highest BCUT2D eigenvalue weighted by Gasteiger charge is 2.24. The Morgan fingerprint density at radius 3 is 2.93 bits per heavy atom. The van der Waals surface area contributed by atoms with E-state index in [2.05, 4.69) is 35.8 Å². The molecule has 0 spiro atoms. The number of nitrogen functional groups attached to an aromatic ring is 1. The number of nitrogens with zero attached hydrogens (tertiary/aromatic N) is 7. The SMILES string of the molecule is CN(C)Cc1c(C(=O)N/N=C/c2cccc(Cl)c2)nnn1-c1nonc1N. The molecule has 12 heteroatoms. The van der Waals surface area contributed by atoms with Crippen LogP contribution in [-0.4, -0.2) is 56.4 Å². The number of anilines is 1. The number of rotatable bonds is 6. The Balaban J connectivity index is 1.84. The van der Waals surface area contributed by atoms with Crippen molar-refractivity contribution in [1.29, 1.82) is 0 Å². The Bertz CT molecular complexity index is 979. The van der Waals surface area contributed by atoms with Gasteiger partial charge < -0.3 is 10.6 Å². The third-order valence-electron chi connectivity index (χ3n) is 3.37. The number of nitrogens with one attached hydrogen (secondary N) is 1. The van der Waals surface area contributed by atoms with Gasteiger partial charge in [0.15, 0.2) is 5.69 Å². The minimum atomic E-state index is -0.536. The molecule has 3 N–H and O–H groups in total. The van der Waals surface area contributed by atoms with Crippen LogP contribution in [0.2, 0.25) is 5.02 Å². The summed E-state index contributed by atoms with van der Waals surface area (Å²) in [5, 5.41) is 19.6. The topological polar surface area (TPSA) is 140 Å². The summed E-state index contributed by atoms with van der Waals surface area (Å²) < 4.78 is 5.90. The molecule has 0 aliphatic carbocycles. The monoisotopic (exact) mass is 389 g/mol. The molecule has 0 saturated heterocycles. The number of carbonyl (C=O) groups excluding carboxylic acids is 1. The van der Waals surface area contributed by atoms with Gasteiger partial charge in [0, 0.05) is 11.6 Å². The average molecular weight is 390 g/mol. The number of carbonyl (C=O) groups is 1. The molecule has 0 unspecified atom stereocenters. The number of halogens is 1. The van der Waals surface area contributed by atoms with Gasteiger partial charge in [-0.2, -0.15) is 9.78 Å². The molecule has 0 atom stereocenters. The van der Waals surface area contributed by atoms with Gasteiger partial charge >= 0.3 is 0 Å². The van der Waals surface area contributed by atoms with Crippen molar-refractivity contribution in [2.45, 2.75) is 6.54 Å².